The van der Waals surface area contributed by atoms with Gasteiger partial charge in [-0.3, -0.25) is 19.8 Å². The van der Waals surface area contributed by atoms with Gasteiger partial charge >= 0.3 is 0 Å². The van der Waals surface area contributed by atoms with Gasteiger partial charge < -0.3 is 4.90 Å². The predicted molar refractivity (Wildman–Crippen MR) is 93.0 cm³/mol. The minimum absolute atomic E-state index is 0.0494. The van der Waals surface area contributed by atoms with Crippen LogP contribution in [0.3, 0.4) is 0 Å². The minimum atomic E-state index is -0.432. The molecule has 126 valence electrons. The second kappa shape index (κ2) is 7.55. The molecule has 1 aromatic carbocycles. The second-order valence-electron chi connectivity index (χ2n) is 5.84. The van der Waals surface area contributed by atoms with Crippen molar-refractivity contribution in [3.05, 3.63) is 62.3 Å². The van der Waals surface area contributed by atoms with Gasteiger partial charge in [0, 0.05) is 49.7 Å². The Labute approximate surface area is 144 Å². The Balaban J connectivity index is 1.49. The van der Waals surface area contributed by atoms with Gasteiger partial charge in [0.2, 0.25) is 5.91 Å². The molecule has 0 N–H and O–H groups in total. The lowest BCUT2D eigenvalue weighted by Gasteiger charge is -2.34. The molecule has 0 atom stereocenters. The molecule has 6 nitrogen and oxygen atoms in total. The molecule has 2 heterocycles. The van der Waals surface area contributed by atoms with Crippen molar-refractivity contribution in [3.63, 3.8) is 0 Å². The standard InChI is InChI=1S/C17H19N3O3S/c21-17(12-14-3-5-15(6-4-14)20(22)23)19-9-7-18(8-10-19)13-16-2-1-11-24-16/h1-6,11H,7-10,12-13H2. The molecule has 0 spiro atoms. The number of benzene rings is 1. The van der Waals surface area contributed by atoms with Crippen molar-refractivity contribution in [2.45, 2.75) is 13.0 Å². The average Bonchev–Trinajstić information content (AvgIpc) is 3.09. The molecule has 0 saturated carbocycles. The number of piperazine rings is 1. The zero-order chi connectivity index (χ0) is 16.9. The molecule has 2 aromatic rings. The van der Waals surface area contributed by atoms with Gasteiger partial charge in [0.1, 0.15) is 0 Å². The van der Waals surface area contributed by atoms with E-state index >= 15 is 0 Å². The van der Waals surface area contributed by atoms with Crippen LogP contribution in [0.4, 0.5) is 5.69 Å². The normalized spacial score (nSPS) is 15.4. The molecule has 1 fully saturated rings. The number of hydrogen-bond donors (Lipinski definition) is 0. The fourth-order valence-corrected chi connectivity index (χ4v) is 3.55. The highest BCUT2D eigenvalue weighted by atomic mass is 32.1. The number of carbonyl (C=O) groups is 1. The Morgan fingerprint density at radius 3 is 2.42 bits per heavy atom. The van der Waals surface area contributed by atoms with Crippen molar-refractivity contribution in [1.29, 1.82) is 0 Å². The molecular formula is C17H19N3O3S. The highest BCUT2D eigenvalue weighted by Gasteiger charge is 2.21. The first-order chi connectivity index (χ1) is 11.6. The number of nitrogens with zero attached hydrogens (tertiary/aromatic N) is 3. The van der Waals surface area contributed by atoms with Gasteiger partial charge in [-0.25, -0.2) is 0 Å². The first-order valence-electron chi connectivity index (χ1n) is 7.87. The molecule has 0 unspecified atom stereocenters. The largest absolute Gasteiger partial charge is 0.340 e. The Hall–Kier alpha value is -2.25. The SMILES string of the molecule is O=C(Cc1ccc([N+](=O)[O-])cc1)N1CCN(Cc2cccs2)CC1. The molecule has 7 heteroatoms. The fourth-order valence-electron chi connectivity index (χ4n) is 2.80. The fraction of sp³-hybridized carbons (Fsp3) is 0.353. The number of non-ortho nitro benzene ring substituents is 1. The van der Waals surface area contributed by atoms with Gasteiger partial charge in [0.25, 0.3) is 5.69 Å². The van der Waals surface area contributed by atoms with Gasteiger partial charge in [-0.1, -0.05) is 18.2 Å². The molecule has 1 amide bonds. The molecule has 1 aromatic heterocycles. The Morgan fingerprint density at radius 2 is 1.83 bits per heavy atom. The first kappa shape index (κ1) is 16.6. The molecule has 24 heavy (non-hydrogen) atoms. The van der Waals surface area contributed by atoms with Crippen LogP contribution in [-0.2, 0) is 17.8 Å². The van der Waals surface area contributed by atoms with Crippen LogP contribution in [0.25, 0.3) is 0 Å². The summed E-state index contributed by atoms with van der Waals surface area (Å²) in [7, 11) is 0. The van der Waals surface area contributed by atoms with Gasteiger partial charge in [-0.15, -0.1) is 11.3 Å². The minimum Gasteiger partial charge on any atom is -0.340 e. The van der Waals surface area contributed by atoms with Crippen LogP contribution in [0.2, 0.25) is 0 Å². The number of hydrogen-bond acceptors (Lipinski definition) is 5. The third-order valence-electron chi connectivity index (χ3n) is 4.19. The van der Waals surface area contributed by atoms with Crippen LogP contribution in [0.15, 0.2) is 41.8 Å². The zero-order valence-electron chi connectivity index (χ0n) is 13.3. The smallest absolute Gasteiger partial charge is 0.269 e. The van der Waals surface area contributed by atoms with Crippen molar-refractivity contribution >= 4 is 22.9 Å². The van der Waals surface area contributed by atoms with E-state index in [0.29, 0.717) is 6.42 Å². The number of thiophene rings is 1. The molecular weight excluding hydrogens is 326 g/mol. The van der Waals surface area contributed by atoms with E-state index in [0.717, 1.165) is 38.3 Å². The number of nitro groups is 1. The number of rotatable bonds is 5. The number of amides is 1. The molecule has 1 aliphatic heterocycles. The quantitative estimate of drug-likeness (QED) is 0.617. The summed E-state index contributed by atoms with van der Waals surface area (Å²) >= 11 is 1.76. The summed E-state index contributed by atoms with van der Waals surface area (Å²) in [6.07, 6.45) is 0.295. The van der Waals surface area contributed by atoms with Crippen LogP contribution in [-0.4, -0.2) is 46.8 Å². The number of carbonyl (C=O) groups excluding carboxylic acids is 1. The number of nitro benzene ring substituents is 1. The van der Waals surface area contributed by atoms with Gasteiger partial charge in [-0.2, -0.15) is 0 Å². The Kier molecular flexibility index (Phi) is 5.22. The molecule has 0 aliphatic carbocycles. The van der Waals surface area contributed by atoms with E-state index in [1.807, 2.05) is 4.90 Å². The van der Waals surface area contributed by atoms with Gasteiger partial charge in [-0.05, 0) is 17.0 Å². The average molecular weight is 345 g/mol. The summed E-state index contributed by atoms with van der Waals surface area (Å²) in [5, 5.41) is 12.7. The lowest BCUT2D eigenvalue weighted by atomic mass is 10.1. The van der Waals surface area contributed by atoms with E-state index in [4.69, 9.17) is 0 Å². The van der Waals surface area contributed by atoms with E-state index in [1.54, 1.807) is 23.5 Å². The summed E-state index contributed by atoms with van der Waals surface area (Å²) < 4.78 is 0. The Bertz CT molecular complexity index is 692. The lowest BCUT2D eigenvalue weighted by molar-refractivity contribution is -0.384. The third-order valence-corrected chi connectivity index (χ3v) is 5.05. The van der Waals surface area contributed by atoms with Crippen LogP contribution < -0.4 is 0 Å². The van der Waals surface area contributed by atoms with Crippen molar-refractivity contribution in [2.75, 3.05) is 26.2 Å². The van der Waals surface area contributed by atoms with E-state index in [9.17, 15) is 14.9 Å². The summed E-state index contributed by atoms with van der Waals surface area (Å²) in [6.45, 7) is 4.17. The first-order valence-corrected chi connectivity index (χ1v) is 8.75. The maximum atomic E-state index is 12.4. The highest BCUT2D eigenvalue weighted by molar-refractivity contribution is 7.09. The molecule has 0 bridgehead atoms. The topological polar surface area (TPSA) is 66.7 Å². The summed E-state index contributed by atoms with van der Waals surface area (Å²) in [4.78, 5) is 28.2. The van der Waals surface area contributed by atoms with E-state index in [2.05, 4.69) is 22.4 Å². The predicted octanol–water partition coefficient (Wildman–Crippen LogP) is 2.54. The van der Waals surface area contributed by atoms with Crippen LogP contribution in [0.1, 0.15) is 10.4 Å². The second-order valence-corrected chi connectivity index (χ2v) is 6.87. The van der Waals surface area contributed by atoms with E-state index in [1.165, 1.54) is 17.0 Å². The van der Waals surface area contributed by atoms with Crippen molar-refractivity contribution in [1.82, 2.24) is 9.80 Å². The monoisotopic (exact) mass is 345 g/mol. The van der Waals surface area contributed by atoms with Gasteiger partial charge in [0.15, 0.2) is 0 Å². The van der Waals surface area contributed by atoms with E-state index in [-0.39, 0.29) is 11.6 Å². The van der Waals surface area contributed by atoms with Crippen molar-refractivity contribution < 1.29 is 9.72 Å². The zero-order valence-corrected chi connectivity index (χ0v) is 14.1. The molecule has 1 saturated heterocycles. The summed E-state index contributed by atoms with van der Waals surface area (Å²) in [6, 6.07) is 10.4. The maximum absolute atomic E-state index is 12.4. The van der Waals surface area contributed by atoms with Crippen molar-refractivity contribution in [2.24, 2.45) is 0 Å². The van der Waals surface area contributed by atoms with Crippen LogP contribution in [0.5, 0.6) is 0 Å². The molecule has 1 aliphatic rings. The molecule has 0 radical (unpaired) electrons. The highest BCUT2D eigenvalue weighted by Crippen LogP contribution is 2.15. The van der Waals surface area contributed by atoms with Gasteiger partial charge in [0.05, 0.1) is 11.3 Å². The summed E-state index contributed by atoms with van der Waals surface area (Å²) in [5.41, 5.74) is 0.861. The lowest BCUT2D eigenvalue weighted by Crippen LogP contribution is -2.48. The third kappa shape index (κ3) is 4.18. The van der Waals surface area contributed by atoms with Crippen molar-refractivity contribution in [3.8, 4) is 0 Å². The molecule has 3 rings (SSSR count). The van der Waals surface area contributed by atoms with E-state index < -0.39 is 4.92 Å². The summed E-state index contributed by atoms with van der Waals surface area (Å²) in [5.74, 6) is 0.0830. The maximum Gasteiger partial charge on any atom is 0.269 e. The van der Waals surface area contributed by atoms with Crippen LogP contribution >= 0.6 is 11.3 Å². The Morgan fingerprint density at radius 1 is 1.12 bits per heavy atom. The van der Waals surface area contributed by atoms with Crippen LogP contribution in [0, 0.1) is 10.1 Å².